The molecule has 0 radical (unpaired) electrons. The van der Waals surface area contributed by atoms with Crippen LogP contribution in [0.3, 0.4) is 0 Å². The van der Waals surface area contributed by atoms with Crippen molar-refractivity contribution in [3.8, 4) is 10.7 Å². The maximum absolute atomic E-state index is 4.33. The first-order valence-corrected chi connectivity index (χ1v) is 5.32. The predicted molar refractivity (Wildman–Crippen MR) is 57.2 cm³/mol. The Morgan fingerprint density at radius 2 is 1.86 bits per heavy atom. The summed E-state index contributed by atoms with van der Waals surface area (Å²) in [6.45, 7) is 4.27. The monoisotopic (exact) mass is 205 g/mol. The third-order valence-corrected chi connectivity index (χ3v) is 3.10. The van der Waals surface area contributed by atoms with E-state index in [9.17, 15) is 0 Å². The second kappa shape index (κ2) is 3.84. The first-order valence-electron chi connectivity index (χ1n) is 4.50. The van der Waals surface area contributed by atoms with Crippen molar-refractivity contribution >= 4 is 11.3 Å². The molecule has 0 aliphatic carbocycles. The van der Waals surface area contributed by atoms with Gasteiger partial charge in [-0.3, -0.25) is 0 Å². The van der Waals surface area contributed by atoms with Crippen LogP contribution in [0.2, 0.25) is 0 Å². The Kier molecular flexibility index (Phi) is 2.54. The number of nitrogens with zero attached hydrogens (tertiary/aromatic N) is 3. The summed E-state index contributed by atoms with van der Waals surface area (Å²) in [5.74, 6) is 1.23. The molecule has 0 N–H and O–H groups in total. The van der Waals surface area contributed by atoms with E-state index in [0.29, 0.717) is 5.92 Å². The van der Waals surface area contributed by atoms with Crippen molar-refractivity contribution < 1.29 is 0 Å². The Balaban J connectivity index is 2.34. The zero-order chi connectivity index (χ0) is 9.97. The number of thiazole rings is 1. The van der Waals surface area contributed by atoms with Crippen LogP contribution in [0.1, 0.15) is 24.8 Å². The van der Waals surface area contributed by atoms with E-state index in [1.165, 1.54) is 0 Å². The third-order valence-electron chi connectivity index (χ3n) is 1.80. The van der Waals surface area contributed by atoms with Gasteiger partial charge in [-0.2, -0.15) is 0 Å². The molecule has 2 heterocycles. The molecule has 72 valence electrons. The molecule has 0 unspecified atom stereocenters. The fraction of sp³-hybridized carbons (Fsp3) is 0.300. The Morgan fingerprint density at radius 1 is 1.14 bits per heavy atom. The van der Waals surface area contributed by atoms with E-state index in [1.807, 2.05) is 12.3 Å². The van der Waals surface area contributed by atoms with E-state index >= 15 is 0 Å². The summed E-state index contributed by atoms with van der Waals surface area (Å²) in [6, 6.07) is 1.81. The highest BCUT2D eigenvalue weighted by atomic mass is 32.1. The zero-order valence-corrected chi connectivity index (χ0v) is 8.95. The standard InChI is InChI=1S/C10H11N3S/c1-7(2)10-13-6-8(14-10)9-11-4-3-5-12-9/h3-7H,1-2H3. The lowest BCUT2D eigenvalue weighted by molar-refractivity contribution is 0.852. The van der Waals surface area contributed by atoms with Crippen molar-refractivity contribution in [3.05, 3.63) is 29.7 Å². The molecule has 0 aliphatic heterocycles. The summed E-state index contributed by atoms with van der Waals surface area (Å²) in [5, 5.41) is 1.13. The van der Waals surface area contributed by atoms with Gasteiger partial charge in [0.2, 0.25) is 0 Å². The molecule has 0 saturated carbocycles. The Morgan fingerprint density at radius 3 is 2.43 bits per heavy atom. The molecule has 0 spiro atoms. The summed E-state index contributed by atoms with van der Waals surface area (Å²) in [6.07, 6.45) is 5.34. The summed E-state index contributed by atoms with van der Waals surface area (Å²) < 4.78 is 0. The molecule has 0 bridgehead atoms. The molecule has 0 aromatic carbocycles. The Bertz CT molecular complexity index is 408. The fourth-order valence-electron chi connectivity index (χ4n) is 1.08. The minimum absolute atomic E-state index is 0.470. The highest BCUT2D eigenvalue weighted by Crippen LogP contribution is 2.26. The van der Waals surface area contributed by atoms with E-state index in [2.05, 4.69) is 28.8 Å². The second-order valence-electron chi connectivity index (χ2n) is 3.29. The van der Waals surface area contributed by atoms with Crippen molar-refractivity contribution in [3.63, 3.8) is 0 Å². The molecule has 3 nitrogen and oxygen atoms in total. The molecule has 0 aliphatic rings. The lowest BCUT2D eigenvalue weighted by atomic mass is 10.2. The van der Waals surface area contributed by atoms with Crippen LogP contribution in [0.5, 0.6) is 0 Å². The SMILES string of the molecule is CC(C)c1ncc(-c2ncccn2)s1. The van der Waals surface area contributed by atoms with Crippen molar-refractivity contribution in [2.24, 2.45) is 0 Å². The van der Waals surface area contributed by atoms with Gasteiger partial charge in [-0.25, -0.2) is 15.0 Å². The third kappa shape index (κ3) is 1.80. The number of hydrogen-bond donors (Lipinski definition) is 0. The van der Waals surface area contributed by atoms with Crippen LogP contribution >= 0.6 is 11.3 Å². The largest absolute Gasteiger partial charge is 0.249 e. The average Bonchev–Trinajstić information content (AvgIpc) is 2.68. The van der Waals surface area contributed by atoms with Crippen molar-refractivity contribution in [2.45, 2.75) is 19.8 Å². The second-order valence-corrected chi connectivity index (χ2v) is 4.35. The Labute approximate surface area is 86.9 Å². The molecule has 0 amide bonds. The van der Waals surface area contributed by atoms with Gasteiger partial charge in [0.25, 0.3) is 0 Å². The predicted octanol–water partition coefficient (Wildman–Crippen LogP) is 2.72. The Hall–Kier alpha value is -1.29. The lowest BCUT2D eigenvalue weighted by Gasteiger charge is -1.95. The van der Waals surface area contributed by atoms with E-state index in [-0.39, 0.29) is 0 Å². The van der Waals surface area contributed by atoms with Crippen LogP contribution in [-0.2, 0) is 0 Å². The van der Waals surface area contributed by atoms with Crippen LogP contribution < -0.4 is 0 Å². The molecular weight excluding hydrogens is 194 g/mol. The molecule has 0 saturated heterocycles. The van der Waals surface area contributed by atoms with Gasteiger partial charge in [-0.1, -0.05) is 13.8 Å². The van der Waals surface area contributed by atoms with Gasteiger partial charge in [0.1, 0.15) is 0 Å². The fourth-order valence-corrected chi connectivity index (χ4v) is 1.95. The summed E-state index contributed by atoms with van der Waals surface area (Å²) in [5.41, 5.74) is 0. The summed E-state index contributed by atoms with van der Waals surface area (Å²) in [4.78, 5) is 13.7. The zero-order valence-electron chi connectivity index (χ0n) is 8.14. The average molecular weight is 205 g/mol. The first kappa shape index (κ1) is 9.27. The highest BCUT2D eigenvalue weighted by molar-refractivity contribution is 7.15. The van der Waals surface area contributed by atoms with Gasteiger partial charge < -0.3 is 0 Å². The first-order chi connectivity index (χ1) is 6.77. The molecule has 4 heteroatoms. The molecule has 0 fully saturated rings. The normalized spacial score (nSPS) is 10.8. The highest BCUT2D eigenvalue weighted by Gasteiger charge is 2.08. The topological polar surface area (TPSA) is 38.7 Å². The number of aromatic nitrogens is 3. The van der Waals surface area contributed by atoms with Gasteiger partial charge in [-0.05, 0) is 6.07 Å². The van der Waals surface area contributed by atoms with Gasteiger partial charge in [0, 0.05) is 24.5 Å². The van der Waals surface area contributed by atoms with Crippen molar-refractivity contribution in [2.75, 3.05) is 0 Å². The summed E-state index contributed by atoms with van der Waals surface area (Å²) >= 11 is 1.66. The smallest absolute Gasteiger partial charge is 0.171 e. The van der Waals surface area contributed by atoms with Crippen LogP contribution in [-0.4, -0.2) is 15.0 Å². The molecular formula is C10H11N3S. The molecule has 2 aromatic rings. The van der Waals surface area contributed by atoms with Gasteiger partial charge in [0.05, 0.1) is 9.88 Å². The van der Waals surface area contributed by atoms with Gasteiger partial charge >= 0.3 is 0 Å². The van der Waals surface area contributed by atoms with E-state index in [4.69, 9.17) is 0 Å². The molecule has 2 rings (SSSR count). The van der Waals surface area contributed by atoms with Gasteiger partial charge in [-0.15, -0.1) is 11.3 Å². The molecule has 14 heavy (non-hydrogen) atoms. The minimum atomic E-state index is 0.470. The van der Waals surface area contributed by atoms with Crippen molar-refractivity contribution in [1.29, 1.82) is 0 Å². The number of rotatable bonds is 2. The molecule has 2 aromatic heterocycles. The van der Waals surface area contributed by atoms with E-state index in [0.717, 1.165) is 15.7 Å². The van der Waals surface area contributed by atoms with Gasteiger partial charge in [0.15, 0.2) is 5.82 Å². The van der Waals surface area contributed by atoms with Crippen molar-refractivity contribution in [1.82, 2.24) is 15.0 Å². The summed E-state index contributed by atoms with van der Waals surface area (Å²) in [7, 11) is 0. The van der Waals surface area contributed by atoms with E-state index < -0.39 is 0 Å². The maximum Gasteiger partial charge on any atom is 0.171 e. The minimum Gasteiger partial charge on any atom is -0.249 e. The van der Waals surface area contributed by atoms with Crippen LogP contribution in [0.15, 0.2) is 24.7 Å². The quantitative estimate of drug-likeness (QED) is 0.756. The van der Waals surface area contributed by atoms with Crippen LogP contribution in [0, 0.1) is 0 Å². The maximum atomic E-state index is 4.33. The van der Waals surface area contributed by atoms with Crippen LogP contribution in [0.25, 0.3) is 10.7 Å². The number of hydrogen-bond acceptors (Lipinski definition) is 4. The lowest BCUT2D eigenvalue weighted by Crippen LogP contribution is -1.82. The van der Waals surface area contributed by atoms with E-state index in [1.54, 1.807) is 23.7 Å². The molecule has 0 atom stereocenters. The van der Waals surface area contributed by atoms with Crippen LogP contribution in [0.4, 0.5) is 0 Å².